The Hall–Kier alpha value is -2.69. The van der Waals surface area contributed by atoms with Crippen LogP contribution in [0.15, 0.2) is 54.6 Å². The maximum Gasteiger partial charge on any atom is 0.313 e. The molecule has 0 atom stereocenters. The number of amides is 2. The Balaban J connectivity index is 2.05. The molecule has 0 radical (unpaired) electrons. The molecular formula is C17H17FN2O2. The minimum atomic E-state index is -0.845. The number of nitrogens with one attached hydrogen (secondary N) is 1. The zero-order chi connectivity index (χ0) is 15.9. The number of rotatable bonds is 4. The molecule has 5 heteroatoms. The topological polar surface area (TPSA) is 49.4 Å². The predicted octanol–water partition coefficient (Wildman–Crippen LogP) is 2.81. The molecule has 2 aromatic rings. The number of hydrogen-bond donors (Lipinski definition) is 1. The maximum absolute atomic E-state index is 13.5. The van der Waals surface area contributed by atoms with Crippen LogP contribution in [0, 0.1) is 5.82 Å². The highest BCUT2D eigenvalue weighted by Crippen LogP contribution is 2.13. The molecule has 0 saturated carbocycles. The molecule has 2 rings (SSSR count). The summed E-state index contributed by atoms with van der Waals surface area (Å²) in [7, 11) is 0. The lowest BCUT2D eigenvalue weighted by Gasteiger charge is -2.20. The molecule has 0 heterocycles. The van der Waals surface area contributed by atoms with E-state index in [1.165, 1.54) is 23.1 Å². The monoisotopic (exact) mass is 300 g/mol. The third-order valence-electron chi connectivity index (χ3n) is 3.20. The van der Waals surface area contributed by atoms with E-state index in [9.17, 15) is 14.0 Å². The average Bonchev–Trinajstić information content (AvgIpc) is 2.55. The summed E-state index contributed by atoms with van der Waals surface area (Å²) in [4.78, 5) is 25.6. The summed E-state index contributed by atoms with van der Waals surface area (Å²) in [6, 6.07) is 15.1. The second-order valence-corrected chi connectivity index (χ2v) is 4.74. The standard InChI is InChI=1S/C17H17FN2O2/c1-2-20(12-13-8-4-3-5-9-13)17(22)16(21)19-15-11-7-6-10-14(15)18/h3-11H,2,12H2,1H3,(H,19,21). The van der Waals surface area contributed by atoms with Gasteiger partial charge in [-0.25, -0.2) is 4.39 Å². The number of anilines is 1. The van der Waals surface area contributed by atoms with E-state index >= 15 is 0 Å². The van der Waals surface area contributed by atoms with Crippen molar-refractivity contribution in [3.63, 3.8) is 0 Å². The highest BCUT2D eigenvalue weighted by Gasteiger charge is 2.21. The van der Waals surface area contributed by atoms with Crippen molar-refractivity contribution in [2.24, 2.45) is 0 Å². The van der Waals surface area contributed by atoms with Gasteiger partial charge in [0.1, 0.15) is 5.82 Å². The average molecular weight is 300 g/mol. The summed E-state index contributed by atoms with van der Waals surface area (Å²) in [5, 5.41) is 2.31. The van der Waals surface area contributed by atoms with Crippen LogP contribution < -0.4 is 5.32 Å². The van der Waals surface area contributed by atoms with Gasteiger partial charge in [0.05, 0.1) is 5.69 Å². The van der Waals surface area contributed by atoms with Crippen LogP contribution in [0.5, 0.6) is 0 Å². The lowest BCUT2D eigenvalue weighted by atomic mass is 10.2. The Morgan fingerprint density at radius 3 is 2.32 bits per heavy atom. The lowest BCUT2D eigenvalue weighted by Crippen LogP contribution is -2.39. The molecule has 0 unspecified atom stereocenters. The molecule has 0 aliphatic carbocycles. The molecule has 2 amide bonds. The highest BCUT2D eigenvalue weighted by atomic mass is 19.1. The fourth-order valence-electron chi connectivity index (χ4n) is 2.01. The number of hydrogen-bond acceptors (Lipinski definition) is 2. The Bertz CT molecular complexity index is 659. The maximum atomic E-state index is 13.5. The SMILES string of the molecule is CCN(Cc1ccccc1)C(=O)C(=O)Nc1ccccc1F. The molecule has 0 spiro atoms. The molecule has 0 aromatic heterocycles. The third kappa shape index (κ3) is 3.91. The Kier molecular flexibility index (Phi) is 5.25. The summed E-state index contributed by atoms with van der Waals surface area (Å²) in [5.74, 6) is -2.10. The highest BCUT2D eigenvalue weighted by molar-refractivity contribution is 6.39. The molecule has 0 saturated heterocycles. The van der Waals surface area contributed by atoms with Crippen molar-refractivity contribution >= 4 is 17.5 Å². The number of halogens is 1. The van der Waals surface area contributed by atoms with E-state index in [-0.39, 0.29) is 5.69 Å². The van der Waals surface area contributed by atoms with E-state index in [4.69, 9.17) is 0 Å². The first-order valence-electron chi connectivity index (χ1n) is 7.00. The molecule has 1 N–H and O–H groups in total. The fourth-order valence-corrected chi connectivity index (χ4v) is 2.01. The second kappa shape index (κ2) is 7.36. The van der Waals surface area contributed by atoms with Crippen LogP contribution in [0.4, 0.5) is 10.1 Å². The zero-order valence-electron chi connectivity index (χ0n) is 12.3. The van der Waals surface area contributed by atoms with Crippen LogP contribution in [-0.4, -0.2) is 23.3 Å². The minimum Gasteiger partial charge on any atom is -0.330 e. The van der Waals surface area contributed by atoms with Crippen molar-refractivity contribution in [1.82, 2.24) is 4.90 Å². The van der Waals surface area contributed by atoms with Crippen LogP contribution in [0.2, 0.25) is 0 Å². The normalized spacial score (nSPS) is 10.1. The lowest BCUT2D eigenvalue weighted by molar-refractivity contribution is -0.143. The summed E-state index contributed by atoms with van der Waals surface area (Å²) in [5.41, 5.74) is 0.924. The van der Waals surface area contributed by atoms with E-state index in [0.29, 0.717) is 13.1 Å². The van der Waals surface area contributed by atoms with Gasteiger partial charge in [-0.1, -0.05) is 42.5 Å². The van der Waals surface area contributed by atoms with Gasteiger partial charge in [0.15, 0.2) is 0 Å². The van der Waals surface area contributed by atoms with Crippen LogP contribution in [0.1, 0.15) is 12.5 Å². The van der Waals surface area contributed by atoms with Crippen molar-refractivity contribution in [1.29, 1.82) is 0 Å². The van der Waals surface area contributed by atoms with Crippen molar-refractivity contribution in [3.05, 3.63) is 66.0 Å². The van der Waals surface area contributed by atoms with Crippen LogP contribution in [0.25, 0.3) is 0 Å². The zero-order valence-corrected chi connectivity index (χ0v) is 12.3. The van der Waals surface area contributed by atoms with Gasteiger partial charge in [-0.15, -0.1) is 0 Å². The molecular weight excluding hydrogens is 283 g/mol. The van der Waals surface area contributed by atoms with E-state index in [0.717, 1.165) is 5.56 Å². The van der Waals surface area contributed by atoms with Gasteiger partial charge < -0.3 is 10.2 Å². The third-order valence-corrected chi connectivity index (χ3v) is 3.20. The number of carbonyl (C=O) groups excluding carboxylic acids is 2. The smallest absolute Gasteiger partial charge is 0.313 e. The fraction of sp³-hybridized carbons (Fsp3) is 0.176. The quantitative estimate of drug-likeness (QED) is 0.883. The number of likely N-dealkylation sites (N-methyl/N-ethyl adjacent to an activating group) is 1. The van der Waals surface area contributed by atoms with Gasteiger partial charge in [-0.05, 0) is 24.6 Å². The van der Waals surface area contributed by atoms with Crippen molar-refractivity contribution in [2.75, 3.05) is 11.9 Å². The molecule has 2 aromatic carbocycles. The molecule has 114 valence electrons. The van der Waals surface area contributed by atoms with Crippen LogP contribution in [0.3, 0.4) is 0 Å². The van der Waals surface area contributed by atoms with Gasteiger partial charge in [-0.2, -0.15) is 0 Å². The summed E-state index contributed by atoms with van der Waals surface area (Å²) < 4.78 is 13.5. The van der Waals surface area contributed by atoms with E-state index in [1.807, 2.05) is 30.3 Å². The van der Waals surface area contributed by atoms with Gasteiger partial charge in [0.2, 0.25) is 0 Å². The summed E-state index contributed by atoms with van der Waals surface area (Å²) in [6.45, 7) is 2.51. The first kappa shape index (κ1) is 15.7. The number of nitrogens with zero attached hydrogens (tertiary/aromatic N) is 1. The Morgan fingerprint density at radius 2 is 1.68 bits per heavy atom. The summed E-state index contributed by atoms with van der Waals surface area (Å²) in [6.07, 6.45) is 0. The van der Waals surface area contributed by atoms with Crippen molar-refractivity contribution in [2.45, 2.75) is 13.5 Å². The van der Waals surface area contributed by atoms with Gasteiger partial charge in [0.25, 0.3) is 0 Å². The largest absolute Gasteiger partial charge is 0.330 e. The molecule has 0 aliphatic heterocycles. The van der Waals surface area contributed by atoms with Gasteiger partial charge in [0, 0.05) is 13.1 Å². The van der Waals surface area contributed by atoms with Gasteiger partial charge in [-0.3, -0.25) is 9.59 Å². The van der Waals surface area contributed by atoms with Gasteiger partial charge >= 0.3 is 11.8 Å². The first-order valence-corrected chi connectivity index (χ1v) is 7.00. The molecule has 22 heavy (non-hydrogen) atoms. The predicted molar refractivity (Wildman–Crippen MR) is 82.6 cm³/mol. The molecule has 4 nitrogen and oxygen atoms in total. The first-order chi connectivity index (χ1) is 10.6. The van der Waals surface area contributed by atoms with Crippen LogP contribution in [-0.2, 0) is 16.1 Å². The van der Waals surface area contributed by atoms with E-state index in [2.05, 4.69) is 5.32 Å². The minimum absolute atomic E-state index is 0.00314. The summed E-state index contributed by atoms with van der Waals surface area (Å²) >= 11 is 0. The molecule has 0 aliphatic rings. The van der Waals surface area contributed by atoms with E-state index < -0.39 is 17.6 Å². The Labute approximate surface area is 128 Å². The van der Waals surface area contributed by atoms with Crippen LogP contribution >= 0.6 is 0 Å². The second-order valence-electron chi connectivity index (χ2n) is 4.74. The molecule has 0 fully saturated rings. The van der Waals surface area contributed by atoms with Crippen molar-refractivity contribution < 1.29 is 14.0 Å². The number of benzene rings is 2. The number of para-hydroxylation sites is 1. The molecule has 0 bridgehead atoms. The van der Waals surface area contributed by atoms with E-state index in [1.54, 1.807) is 13.0 Å². The van der Waals surface area contributed by atoms with Crippen molar-refractivity contribution in [3.8, 4) is 0 Å². The Morgan fingerprint density at radius 1 is 1.05 bits per heavy atom. The number of carbonyl (C=O) groups is 2.